The Morgan fingerprint density at radius 2 is 2.06 bits per heavy atom. The molecule has 0 saturated carbocycles. The van der Waals surface area contributed by atoms with Gasteiger partial charge in [-0.25, -0.2) is 0 Å². The van der Waals surface area contributed by atoms with Gasteiger partial charge in [-0.05, 0) is 31.7 Å². The van der Waals surface area contributed by atoms with Gasteiger partial charge in [-0.1, -0.05) is 6.92 Å². The summed E-state index contributed by atoms with van der Waals surface area (Å²) in [5.41, 5.74) is 0. The first-order valence-corrected chi connectivity index (χ1v) is 5.89. The molecule has 0 aromatic heterocycles. The fourth-order valence-electron chi connectivity index (χ4n) is 2.20. The number of halogens is 3. The molecule has 0 bridgehead atoms. The Morgan fingerprint density at radius 3 is 2.62 bits per heavy atom. The van der Waals surface area contributed by atoms with Crippen LogP contribution in [0.3, 0.4) is 0 Å². The summed E-state index contributed by atoms with van der Waals surface area (Å²) in [5, 5.41) is 9.63. The molecule has 0 amide bonds. The highest BCUT2D eigenvalue weighted by atomic mass is 19.4. The molecule has 0 radical (unpaired) electrons. The summed E-state index contributed by atoms with van der Waals surface area (Å²) >= 11 is 0. The lowest BCUT2D eigenvalue weighted by molar-refractivity contribution is -0.136. The Bertz CT molecular complexity index is 208. The Hall–Kier alpha value is -0.290. The second kappa shape index (κ2) is 5.87. The maximum Gasteiger partial charge on any atom is 0.389 e. The van der Waals surface area contributed by atoms with Crippen molar-refractivity contribution in [3.63, 3.8) is 0 Å². The van der Waals surface area contributed by atoms with Crippen LogP contribution >= 0.6 is 0 Å². The van der Waals surface area contributed by atoms with Crippen molar-refractivity contribution in [3.8, 4) is 0 Å². The largest absolute Gasteiger partial charge is 0.393 e. The maximum absolute atomic E-state index is 12.0. The highest BCUT2D eigenvalue weighted by Crippen LogP contribution is 2.23. The minimum absolute atomic E-state index is 0.163. The van der Waals surface area contributed by atoms with Crippen LogP contribution in [-0.2, 0) is 0 Å². The quantitative estimate of drug-likeness (QED) is 0.814. The van der Waals surface area contributed by atoms with Gasteiger partial charge in [0.05, 0.1) is 6.10 Å². The third kappa shape index (κ3) is 4.70. The molecule has 2 unspecified atom stereocenters. The number of hydrogen-bond donors (Lipinski definition) is 1. The van der Waals surface area contributed by atoms with Crippen LogP contribution in [0.25, 0.3) is 0 Å². The molecule has 2 atom stereocenters. The minimum Gasteiger partial charge on any atom is -0.393 e. The van der Waals surface area contributed by atoms with Crippen LogP contribution in [-0.4, -0.2) is 41.9 Å². The lowest BCUT2D eigenvalue weighted by atomic mass is 9.92. The van der Waals surface area contributed by atoms with E-state index in [-0.39, 0.29) is 18.4 Å². The molecule has 2 nitrogen and oxygen atoms in total. The number of likely N-dealkylation sites (tertiary alicyclic amines) is 1. The van der Waals surface area contributed by atoms with Gasteiger partial charge < -0.3 is 10.0 Å². The summed E-state index contributed by atoms with van der Waals surface area (Å²) in [6.45, 7) is 3.95. The fourth-order valence-corrected chi connectivity index (χ4v) is 2.20. The van der Waals surface area contributed by atoms with E-state index >= 15 is 0 Å². The molecule has 1 saturated heterocycles. The van der Waals surface area contributed by atoms with Crippen molar-refractivity contribution in [2.75, 3.05) is 19.6 Å². The van der Waals surface area contributed by atoms with E-state index in [1.165, 1.54) is 0 Å². The average Bonchev–Trinajstić information content (AvgIpc) is 2.18. The van der Waals surface area contributed by atoms with E-state index in [1.54, 1.807) is 0 Å². The molecule has 1 aliphatic rings. The predicted molar refractivity (Wildman–Crippen MR) is 56.1 cm³/mol. The zero-order valence-corrected chi connectivity index (χ0v) is 9.63. The van der Waals surface area contributed by atoms with E-state index in [0.29, 0.717) is 13.0 Å². The van der Waals surface area contributed by atoms with Crippen molar-refractivity contribution in [1.29, 1.82) is 0 Å². The molecule has 1 fully saturated rings. The number of alkyl halides is 3. The first-order valence-electron chi connectivity index (χ1n) is 5.89. The standard InChI is InChI=1S/C11H20F3NO/c1-2-9-8-15(7-4-10(9)16)6-3-5-11(12,13)14/h9-10,16H,2-8H2,1H3. The summed E-state index contributed by atoms with van der Waals surface area (Å²) in [7, 11) is 0. The SMILES string of the molecule is CCC1CN(CCCC(F)(F)F)CCC1O. The van der Waals surface area contributed by atoms with Crippen LogP contribution < -0.4 is 0 Å². The van der Waals surface area contributed by atoms with E-state index < -0.39 is 12.6 Å². The van der Waals surface area contributed by atoms with E-state index in [1.807, 2.05) is 11.8 Å². The van der Waals surface area contributed by atoms with Crippen LogP contribution in [0.5, 0.6) is 0 Å². The lowest BCUT2D eigenvalue weighted by Gasteiger charge is -2.35. The third-order valence-electron chi connectivity index (χ3n) is 3.24. The Balaban J connectivity index is 2.23. The number of rotatable bonds is 4. The monoisotopic (exact) mass is 239 g/mol. The predicted octanol–water partition coefficient (Wildman–Crippen LogP) is 2.42. The van der Waals surface area contributed by atoms with Crippen LogP contribution in [0.15, 0.2) is 0 Å². The number of aliphatic hydroxyl groups is 1. The first-order chi connectivity index (χ1) is 7.42. The second-order valence-corrected chi connectivity index (χ2v) is 4.54. The highest BCUT2D eigenvalue weighted by molar-refractivity contribution is 4.79. The van der Waals surface area contributed by atoms with E-state index in [2.05, 4.69) is 0 Å². The minimum atomic E-state index is -4.04. The van der Waals surface area contributed by atoms with E-state index in [9.17, 15) is 18.3 Å². The Kier molecular flexibility index (Phi) is 5.05. The van der Waals surface area contributed by atoms with Crippen LogP contribution in [0.4, 0.5) is 13.2 Å². The molecule has 96 valence electrons. The van der Waals surface area contributed by atoms with Gasteiger partial charge in [0.2, 0.25) is 0 Å². The number of piperidine rings is 1. The second-order valence-electron chi connectivity index (χ2n) is 4.54. The molecule has 5 heteroatoms. The zero-order valence-electron chi connectivity index (χ0n) is 9.63. The van der Waals surface area contributed by atoms with Gasteiger partial charge in [-0.2, -0.15) is 13.2 Å². The zero-order chi connectivity index (χ0) is 12.2. The first kappa shape index (κ1) is 13.8. The molecule has 16 heavy (non-hydrogen) atoms. The summed E-state index contributed by atoms with van der Waals surface area (Å²) in [4.78, 5) is 2.03. The molecule has 1 rings (SSSR count). The van der Waals surface area contributed by atoms with Crippen molar-refractivity contribution in [2.24, 2.45) is 5.92 Å². The van der Waals surface area contributed by atoms with Crippen LogP contribution in [0, 0.1) is 5.92 Å². The molecule has 1 N–H and O–H groups in total. The molecular formula is C11H20F3NO. The number of nitrogens with zero attached hydrogens (tertiary/aromatic N) is 1. The van der Waals surface area contributed by atoms with Gasteiger partial charge in [0.1, 0.15) is 0 Å². The van der Waals surface area contributed by atoms with Gasteiger partial charge in [0, 0.05) is 19.5 Å². The van der Waals surface area contributed by atoms with Crippen molar-refractivity contribution < 1.29 is 18.3 Å². The van der Waals surface area contributed by atoms with Gasteiger partial charge in [0.25, 0.3) is 0 Å². The molecule has 0 aliphatic carbocycles. The normalized spacial score (nSPS) is 28.3. The molecule has 1 heterocycles. The summed E-state index contributed by atoms with van der Waals surface area (Å²) in [5.74, 6) is 0.222. The number of aliphatic hydroxyl groups excluding tert-OH is 1. The topological polar surface area (TPSA) is 23.5 Å². The maximum atomic E-state index is 12.0. The Labute approximate surface area is 94.4 Å². The van der Waals surface area contributed by atoms with E-state index in [0.717, 1.165) is 19.5 Å². The lowest BCUT2D eigenvalue weighted by Crippen LogP contribution is -2.43. The molecule has 0 spiro atoms. The van der Waals surface area contributed by atoms with Gasteiger partial charge in [-0.15, -0.1) is 0 Å². The fraction of sp³-hybridized carbons (Fsp3) is 1.00. The van der Waals surface area contributed by atoms with Crippen molar-refractivity contribution in [2.45, 2.75) is 44.9 Å². The molecule has 1 aliphatic heterocycles. The van der Waals surface area contributed by atoms with E-state index in [4.69, 9.17) is 0 Å². The summed E-state index contributed by atoms with van der Waals surface area (Å²) in [6.07, 6.45) is -3.29. The van der Waals surface area contributed by atoms with Crippen molar-refractivity contribution in [1.82, 2.24) is 4.90 Å². The van der Waals surface area contributed by atoms with Crippen LogP contribution in [0.2, 0.25) is 0 Å². The Morgan fingerprint density at radius 1 is 1.38 bits per heavy atom. The van der Waals surface area contributed by atoms with Gasteiger partial charge in [0.15, 0.2) is 0 Å². The average molecular weight is 239 g/mol. The molecular weight excluding hydrogens is 219 g/mol. The van der Waals surface area contributed by atoms with Gasteiger partial charge >= 0.3 is 6.18 Å². The summed E-state index contributed by atoms with van der Waals surface area (Å²) < 4.78 is 35.9. The van der Waals surface area contributed by atoms with Crippen LogP contribution in [0.1, 0.15) is 32.6 Å². The van der Waals surface area contributed by atoms with Crippen molar-refractivity contribution >= 4 is 0 Å². The molecule has 0 aromatic rings. The third-order valence-corrected chi connectivity index (χ3v) is 3.24. The summed E-state index contributed by atoms with van der Waals surface area (Å²) in [6, 6.07) is 0. The molecule has 0 aromatic carbocycles. The van der Waals surface area contributed by atoms with Crippen molar-refractivity contribution in [3.05, 3.63) is 0 Å². The van der Waals surface area contributed by atoms with Gasteiger partial charge in [-0.3, -0.25) is 0 Å². The highest BCUT2D eigenvalue weighted by Gasteiger charge is 2.29. The smallest absolute Gasteiger partial charge is 0.389 e. The number of hydrogen-bond acceptors (Lipinski definition) is 2.